The van der Waals surface area contributed by atoms with Crippen molar-refractivity contribution in [1.82, 2.24) is 79.8 Å². The maximum Gasteiger partial charge on any atom is 0.407 e. The molecule has 0 aromatic heterocycles. The first-order valence-electron chi connectivity index (χ1n) is 37.4. The number of ether oxygens (including phenoxy) is 15. The molecule has 15 N–H and O–H groups in total. The highest BCUT2D eigenvalue weighted by Gasteiger charge is 2.24. The lowest BCUT2D eigenvalue weighted by molar-refractivity contribution is -0.128. The Hall–Kier alpha value is -10.1. The molecule has 0 aliphatic carbocycles. The molecule has 0 heterocycles. The van der Waals surface area contributed by atoms with Crippen molar-refractivity contribution >= 4 is 90.5 Å². The second kappa shape index (κ2) is 71.2. The molecule has 0 atom stereocenters. The lowest BCUT2D eigenvalue weighted by atomic mass is 10.3. The third-order valence-corrected chi connectivity index (χ3v) is 13.2. The average molecular weight is 1620 g/mol. The third-order valence-electron chi connectivity index (χ3n) is 13.2. The summed E-state index contributed by atoms with van der Waals surface area (Å²) < 4.78 is 79.1. The summed E-state index contributed by atoms with van der Waals surface area (Å²) in [6, 6.07) is 0. The van der Waals surface area contributed by atoms with Crippen LogP contribution in [0.2, 0.25) is 0 Å². The minimum absolute atomic E-state index is 0.0355. The first-order chi connectivity index (χ1) is 53.8. The van der Waals surface area contributed by atoms with Gasteiger partial charge in [0.25, 0.3) is 0 Å². The van der Waals surface area contributed by atoms with Gasteiger partial charge in [0.2, 0.25) is 29.5 Å². The van der Waals surface area contributed by atoms with Crippen LogP contribution in [-0.4, -0.2) is 298 Å². The van der Waals surface area contributed by atoms with Crippen molar-refractivity contribution in [2.24, 2.45) is 0 Å². The van der Waals surface area contributed by atoms with Crippen molar-refractivity contribution in [3.8, 4) is 0 Å². The minimum atomic E-state index is -1.38. The van der Waals surface area contributed by atoms with Crippen LogP contribution in [0.25, 0.3) is 0 Å². The molecule has 112 heavy (non-hydrogen) atoms. The Labute approximate surface area is 652 Å². The Morgan fingerprint density at radius 1 is 0.205 bits per heavy atom. The molecule has 0 radical (unpaired) electrons. The number of amides is 15. The molecular formula is C67H123N15O30. The predicted molar refractivity (Wildman–Crippen MR) is 394 cm³/mol. The van der Waals surface area contributed by atoms with Crippen molar-refractivity contribution in [2.45, 2.75) is 170 Å². The van der Waals surface area contributed by atoms with Crippen LogP contribution >= 0.6 is 0 Å². The summed E-state index contributed by atoms with van der Waals surface area (Å²) in [5.74, 6) is -2.44. The molecule has 0 unspecified atom stereocenters. The van der Waals surface area contributed by atoms with E-state index >= 15 is 0 Å². The van der Waals surface area contributed by atoms with E-state index in [9.17, 15) is 71.9 Å². The highest BCUT2D eigenvalue weighted by molar-refractivity contribution is 5.82. The fourth-order valence-electron chi connectivity index (χ4n) is 8.00. The summed E-state index contributed by atoms with van der Waals surface area (Å²) in [6.07, 6.45) is -11.4. The lowest BCUT2D eigenvalue weighted by Crippen LogP contribution is -2.58. The molecule has 0 fully saturated rings. The summed E-state index contributed by atoms with van der Waals surface area (Å²) in [5, 5.41) is 37.5. The smallest absolute Gasteiger partial charge is 0.407 e. The van der Waals surface area contributed by atoms with E-state index in [1.165, 1.54) is 0 Å². The quantitative estimate of drug-likeness (QED) is 0.0230. The summed E-state index contributed by atoms with van der Waals surface area (Å²) in [7, 11) is 0. The van der Waals surface area contributed by atoms with Crippen molar-refractivity contribution in [1.29, 1.82) is 0 Å². The monoisotopic (exact) mass is 1620 g/mol. The molecule has 15 amide bonds. The van der Waals surface area contributed by atoms with E-state index in [1.54, 1.807) is 69.2 Å². The molecule has 0 saturated carbocycles. The number of carbonyl (C=O) groups excluding carboxylic acids is 15. The molecule has 0 aromatic carbocycles. The van der Waals surface area contributed by atoms with Crippen LogP contribution in [0.3, 0.4) is 0 Å². The van der Waals surface area contributed by atoms with E-state index in [0.29, 0.717) is 78.3 Å². The highest BCUT2D eigenvalue weighted by Crippen LogP contribution is 2.07. The Balaban J connectivity index is 0. The first kappa shape index (κ1) is 104. The van der Waals surface area contributed by atoms with E-state index in [1.807, 2.05) is 0 Å². The Bertz CT molecular complexity index is 2340. The van der Waals surface area contributed by atoms with Crippen LogP contribution in [0.5, 0.6) is 0 Å². The number of hydrogen-bond acceptors (Lipinski definition) is 30. The van der Waals surface area contributed by atoms with Crippen LogP contribution < -0.4 is 79.8 Å². The highest BCUT2D eigenvalue weighted by atomic mass is 16.6. The number of nitrogens with one attached hydrogen (secondary N) is 15. The van der Waals surface area contributed by atoms with Gasteiger partial charge in [-0.1, -0.05) is 0 Å². The van der Waals surface area contributed by atoms with Crippen molar-refractivity contribution in [3.05, 3.63) is 0 Å². The minimum Gasteiger partial charge on any atom is -0.447 e. The predicted octanol–water partition coefficient (Wildman–Crippen LogP) is 1.08. The van der Waals surface area contributed by atoms with E-state index in [0.717, 1.165) is 0 Å². The maximum atomic E-state index is 13.1. The zero-order valence-electron chi connectivity index (χ0n) is 66.2. The molecular weight excluding hydrogens is 1490 g/mol. The standard InChI is InChI=1S/C40H73N9O18.C27H50N6O12/c1-7-41-35(53)62-22-28(23-63-36(54)42-8-2)59-19-13-16-31(50)47-34(48-32(51)17-14-20-60-29(24-64-37(55)43-9-3)25-65-38(56)44-10-4)49-33(52)18-15-21-61-30(26-66-39(57)45-11-5)27-67-40(58)46-12-6;1-5-28-24(36)42-15-20(16-43-25(37)29-6-2)40-13-9-11-22(34)32-19-33-23(35)12-10-14-41-21(17-44-26(38)30-7-3)18-45-27(39)31-8-4/h28-30,34H,7-27H2,1-6H3,(H,41,53)(H,42,54)(H,43,55)(H,44,56)(H,45,57)(H,46,58)(H,47,50)(H,48,51)(H,49,52);20-21H,5-19H2,1-4H3,(H,28,36)(H,29,37)(H,30,38)(H,31,39)(H,32,34)(H,33,35). The van der Waals surface area contributed by atoms with E-state index in [2.05, 4.69) is 79.8 Å². The fourth-order valence-corrected chi connectivity index (χ4v) is 8.00. The zero-order chi connectivity index (χ0) is 83.8. The molecule has 0 rings (SSSR count). The van der Waals surface area contributed by atoms with Gasteiger partial charge in [-0.15, -0.1) is 0 Å². The van der Waals surface area contributed by atoms with Gasteiger partial charge < -0.3 is 151 Å². The average Bonchev–Trinajstić information content (AvgIpc) is 0.831. The van der Waals surface area contributed by atoms with Gasteiger partial charge in [0, 0.05) is 131 Å². The summed E-state index contributed by atoms with van der Waals surface area (Å²) in [5.41, 5.74) is 0. The molecule has 0 spiro atoms. The van der Waals surface area contributed by atoms with Crippen molar-refractivity contribution < 1.29 is 143 Å². The maximum absolute atomic E-state index is 13.1. The van der Waals surface area contributed by atoms with Gasteiger partial charge in [-0.05, 0) is 101 Å². The van der Waals surface area contributed by atoms with E-state index in [-0.39, 0.29) is 169 Å². The summed E-state index contributed by atoms with van der Waals surface area (Å²) >= 11 is 0. The number of carbonyl (C=O) groups is 15. The zero-order valence-corrected chi connectivity index (χ0v) is 66.2. The van der Waals surface area contributed by atoms with Crippen LogP contribution in [0.15, 0.2) is 0 Å². The molecule has 45 nitrogen and oxygen atoms in total. The van der Waals surface area contributed by atoms with Gasteiger partial charge in [0.15, 0.2) is 6.29 Å². The summed E-state index contributed by atoms with van der Waals surface area (Å²) in [4.78, 5) is 181. The van der Waals surface area contributed by atoms with E-state index < -0.39 is 115 Å². The Morgan fingerprint density at radius 3 is 0.491 bits per heavy atom. The lowest BCUT2D eigenvalue weighted by Gasteiger charge is -2.22. The first-order valence-corrected chi connectivity index (χ1v) is 37.4. The molecule has 0 saturated heterocycles. The Morgan fingerprint density at radius 2 is 0.348 bits per heavy atom. The molecule has 0 aliphatic heterocycles. The van der Waals surface area contributed by atoms with Gasteiger partial charge in [-0.3, -0.25) is 24.0 Å². The number of alkyl carbamates (subject to hydrolysis) is 10. The van der Waals surface area contributed by atoms with Gasteiger partial charge in [-0.25, -0.2) is 47.9 Å². The molecule has 0 aliphatic rings. The van der Waals surface area contributed by atoms with Crippen LogP contribution in [0.4, 0.5) is 47.9 Å². The van der Waals surface area contributed by atoms with Crippen LogP contribution in [0, 0.1) is 0 Å². The van der Waals surface area contributed by atoms with Crippen LogP contribution in [-0.2, 0) is 95.0 Å². The fraction of sp³-hybridized carbons (Fsp3) is 0.776. The molecule has 0 aromatic rings. The molecule has 0 bridgehead atoms. The van der Waals surface area contributed by atoms with Crippen molar-refractivity contribution in [3.63, 3.8) is 0 Å². The van der Waals surface area contributed by atoms with Gasteiger partial charge in [0.05, 0.1) is 6.67 Å². The largest absolute Gasteiger partial charge is 0.447 e. The normalized spacial score (nSPS) is 10.6. The number of rotatable bonds is 60. The van der Waals surface area contributed by atoms with Crippen LogP contribution in [0.1, 0.15) is 133 Å². The topological polar surface area (TPSA) is 575 Å². The van der Waals surface area contributed by atoms with Gasteiger partial charge >= 0.3 is 60.9 Å². The second-order valence-corrected chi connectivity index (χ2v) is 22.8. The number of hydrogen-bond donors (Lipinski definition) is 15. The molecule has 646 valence electrons. The third kappa shape index (κ3) is 64.6. The second-order valence-electron chi connectivity index (χ2n) is 22.8. The van der Waals surface area contributed by atoms with E-state index in [4.69, 9.17) is 71.1 Å². The Kier molecular flexibility index (Phi) is 66.0. The van der Waals surface area contributed by atoms with Gasteiger partial charge in [0.1, 0.15) is 96.6 Å². The van der Waals surface area contributed by atoms with Gasteiger partial charge in [-0.2, -0.15) is 0 Å². The molecule has 45 heteroatoms. The summed E-state index contributed by atoms with van der Waals surface area (Å²) in [6.45, 7) is 18.6. The SMILES string of the molecule is CCNC(=O)OCC(COC(=O)NCC)OCCCC(=O)NC(NC(=O)CCCOC(COC(=O)NCC)COC(=O)NCC)NC(=O)CCCOC(COC(=O)NCC)COC(=O)NCC.CCNC(=O)OCC(COC(=O)NCC)OCCCC(=O)NCNC(=O)CCCOC(COC(=O)NCC)COC(=O)NCC. The van der Waals surface area contributed by atoms with Crippen molar-refractivity contribution in [2.75, 3.05) is 171 Å².